The number of ether oxygens (including phenoxy) is 3. The van der Waals surface area contributed by atoms with Crippen LogP contribution in [0.25, 0.3) is 0 Å². The Morgan fingerprint density at radius 3 is 2.29 bits per heavy atom. The molecule has 0 spiro atoms. The molecule has 0 aliphatic carbocycles. The molecular weight excluding hydrogens is 424 g/mol. The Labute approximate surface area is 181 Å². The van der Waals surface area contributed by atoms with Crippen LogP contribution in [0, 0.1) is 10.1 Å². The highest BCUT2D eigenvalue weighted by Gasteiger charge is 2.32. The first-order chi connectivity index (χ1) is 14.5. The first-order valence-electron chi connectivity index (χ1n) is 9.77. The number of nitrogens with zero attached hydrogens (tertiary/aromatic N) is 2. The Kier molecular flexibility index (Phi) is 6.54. The lowest BCUT2D eigenvalue weighted by Gasteiger charge is -2.27. The average Bonchev–Trinajstić information content (AvgIpc) is 2.74. The zero-order chi connectivity index (χ0) is 22.8. The van der Waals surface area contributed by atoms with Crippen molar-refractivity contribution in [3.8, 4) is 17.2 Å². The summed E-state index contributed by atoms with van der Waals surface area (Å²) in [6.07, 6.45) is 0. The number of nitro benzene ring substituents is 1. The van der Waals surface area contributed by atoms with Gasteiger partial charge in [0.05, 0.1) is 25.2 Å². The van der Waals surface area contributed by atoms with Crippen LogP contribution < -0.4 is 9.47 Å². The van der Waals surface area contributed by atoms with Gasteiger partial charge < -0.3 is 14.2 Å². The van der Waals surface area contributed by atoms with E-state index in [4.69, 9.17) is 14.2 Å². The number of nitro groups is 1. The predicted octanol–water partition coefficient (Wildman–Crippen LogP) is 3.71. The topological polar surface area (TPSA) is 108 Å². The van der Waals surface area contributed by atoms with Crippen LogP contribution in [0.3, 0.4) is 0 Å². The van der Waals surface area contributed by atoms with Crippen molar-refractivity contribution in [2.24, 2.45) is 0 Å². The molecule has 0 N–H and O–H groups in total. The van der Waals surface area contributed by atoms with Gasteiger partial charge >= 0.3 is 0 Å². The van der Waals surface area contributed by atoms with Crippen molar-refractivity contribution in [2.75, 3.05) is 33.4 Å². The molecule has 0 unspecified atom stereocenters. The number of hydrogen-bond acceptors (Lipinski definition) is 7. The van der Waals surface area contributed by atoms with Gasteiger partial charge in [-0.3, -0.25) is 10.1 Å². The van der Waals surface area contributed by atoms with E-state index in [9.17, 15) is 18.5 Å². The van der Waals surface area contributed by atoms with Crippen molar-refractivity contribution in [3.05, 3.63) is 52.1 Å². The molecule has 0 amide bonds. The molecule has 2 aromatic rings. The highest BCUT2D eigenvalue weighted by molar-refractivity contribution is 7.89. The van der Waals surface area contributed by atoms with Crippen molar-refractivity contribution >= 4 is 15.7 Å². The van der Waals surface area contributed by atoms with Crippen LogP contribution in [-0.2, 0) is 20.2 Å². The normalized spacial score (nSPS) is 15.5. The summed E-state index contributed by atoms with van der Waals surface area (Å²) in [7, 11) is -2.47. The number of sulfonamides is 1. The zero-order valence-electron chi connectivity index (χ0n) is 18.0. The van der Waals surface area contributed by atoms with Gasteiger partial charge in [-0.05, 0) is 29.7 Å². The minimum absolute atomic E-state index is 0.0211. The van der Waals surface area contributed by atoms with Gasteiger partial charge in [0.15, 0.2) is 0 Å². The molecule has 1 aliphatic rings. The monoisotopic (exact) mass is 450 g/mol. The second-order valence-corrected chi connectivity index (χ2v) is 10.0. The minimum atomic E-state index is -4.03. The van der Waals surface area contributed by atoms with Crippen LogP contribution >= 0.6 is 0 Å². The summed E-state index contributed by atoms with van der Waals surface area (Å²) >= 11 is 0. The summed E-state index contributed by atoms with van der Waals surface area (Å²) in [6.45, 7) is 6.84. The molecule has 0 aromatic heterocycles. The van der Waals surface area contributed by atoms with Crippen molar-refractivity contribution in [3.63, 3.8) is 0 Å². The van der Waals surface area contributed by atoms with Gasteiger partial charge in [-0.25, -0.2) is 8.42 Å². The molecule has 168 valence electrons. The molecule has 10 heteroatoms. The summed E-state index contributed by atoms with van der Waals surface area (Å²) < 4.78 is 44.5. The SMILES string of the molecule is COc1ccc(Oc2ccc([N+](=O)[O-])cc2S(=O)(=O)N2CCOCC2)c(C(C)(C)C)c1. The maximum absolute atomic E-state index is 13.3. The first kappa shape index (κ1) is 23.0. The summed E-state index contributed by atoms with van der Waals surface area (Å²) in [4.78, 5) is 10.4. The third-order valence-corrected chi connectivity index (χ3v) is 6.86. The van der Waals surface area contributed by atoms with Gasteiger partial charge in [-0.15, -0.1) is 0 Å². The van der Waals surface area contributed by atoms with Crippen LogP contribution in [0.2, 0.25) is 0 Å². The fraction of sp³-hybridized carbons (Fsp3) is 0.429. The van der Waals surface area contributed by atoms with E-state index in [-0.39, 0.29) is 48.1 Å². The molecule has 0 saturated carbocycles. The molecule has 1 fully saturated rings. The maximum atomic E-state index is 13.3. The van der Waals surface area contributed by atoms with Crippen LogP contribution in [0.1, 0.15) is 26.3 Å². The molecule has 31 heavy (non-hydrogen) atoms. The molecule has 2 aromatic carbocycles. The second-order valence-electron chi connectivity index (χ2n) is 8.12. The van der Waals surface area contributed by atoms with E-state index in [0.717, 1.165) is 11.6 Å². The Balaban J connectivity index is 2.11. The molecule has 0 radical (unpaired) electrons. The van der Waals surface area contributed by atoms with Gasteiger partial charge in [-0.2, -0.15) is 4.31 Å². The third-order valence-electron chi connectivity index (χ3n) is 4.94. The minimum Gasteiger partial charge on any atom is -0.497 e. The number of hydrogen-bond donors (Lipinski definition) is 0. The Morgan fingerprint density at radius 1 is 1.06 bits per heavy atom. The molecule has 0 atom stereocenters. The summed E-state index contributed by atoms with van der Waals surface area (Å²) in [5.74, 6) is 1.11. The Morgan fingerprint density at radius 2 is 1.71 bits per heavy atom. The largest absolute Gasteiger partial charge is 0.497 e. The van der Waals surface area contributed by atoms with Crippen LogP contribution in [-0.4, -0.2) is 51.1 Å². The third kappa shape index (κ3) is 4.97. The molecule has 1 saturated heterocycles. The second kappa shape index (κ2) is 8.81. The van der Waals surface area contributed by atoms with Crippen LogP contribution in [0.4, 0.5) is 5.69 Å². The smallest absolute Gasteiger partial charge is 0.271 e. The molecule has 0 bridgehead atoms. The highest BCUT2D eigenvalue weighted by atomic mass is 32.2. The molecule has 9 nitrogen and oxygen atoms in total. The number of rotatable bonds is 6. The lowest BCUT2D eigenvalue weighted by atomic mass is 9.86. The highest BCUT2D eigenvalue weighted by Crippen LogP contribution is 2.40. The lowest BCUT2D eigenvalue weighted by Crippen LogP contribution is -2.40. The van der Waals surface area contributed by atoms with Gasteiger partial charge in [0.25, 0.3) is 5.69 Å². The Hall–Kier alpha value is -2.69. The summed E-state index contributed by atoms with van der Waals surface area (Å²) in [5.41, 5.74) is 0.151. The van der Waals surface area contributed by atoms with Gasteiger partial charge in [-0.1, -0.05) is 20.8 Å². The average molecular weight is 451 g/mol. The van der Waals surface area contributed by atoms with E-state index in [1.54, 1.807) is 19.2 Å². The van der Waals surface area contributed by atoms with E-state index in [1.165, 1.54) is 16.4 Å². The van der Waals surface area contributed by atoms with Gasteiger partial charge in [0, 0.05) is 30.8 Å². The fourth-order valence-electron chi connectivity index (χ4n) is 3.25. The summed E-state index contributed by atoms with van der Waals surface area (Å²) in [5, 5.41) is 11.3. The number of morpholine rings is 1. The zero-order valence-corrected chi connectivity index (χ0v) is 18.8. The van der Waals surface area contributed by atoms with E-state index in [0.29, 0.717) is 11.5 Å². The van der Waals surface area contributed by atoms with Crippen molar-refractivity contribution in [2.45, 2.75) is 31.1 Å². The summed E-state index contributed by atoms with van der Waals surface area (Å²) in [6, 6.07) is 8.84. The number of methoxy groups -OCH3 is 1. The molecule has 1 heterocycles. The van der Waals surface area contributed by atoms with Crippen LogP contribution in [0.15, 0.2) is 41.3 Å². The van der Waals surface area contributed by atoms with Crippen LogP contribution in [0.5, 0.6) is 17.2 Å². The quantitative estimate of drug-likeness (QED) is 0.487. The van der Waals surface area contributed by atoms with E-state index in [1.807, 2.05) is 26.8 Å². The molecule has 1 aliphatic heterocycles. The number of benzene rings is 2. The van der Waals surface area contributed by atoms with E-state index in [2.05, 4.69) is 0 Å². The number of non-ortho nitro benzene ring substituents is 1. The van der Waals surface area contributed by atoms with Crippen molar-refractivity contribution < 1.29 is 27.6 Å². The molecular formula is C21H26N2O7S. The predicted molar refractivity (Wildman–Crippen MR) is 114 cm³/mol. The van der Waals surface area contributed by atoms with Gasteiger partial charge in [0.2, 0.25) is 10.0 Å². The van der Waals surface area contributed by atoms with Crippen molar-refractivity contribution in [1.29, 1.82) is 0 Å². The fourth-order valence-corrected chi connectivity index (χ4v) is 4.79. The van der Waals surface area contributed by atoms with E-state index < -0.39 is 14.9 Å². The first-order valence-corrected chi connectivity index (χ1v) is 11.2. The maximum Gasteiger partial charge on any atom is 0.271 e. The van der Waals surface area contributed by atoms with Crippen molar-refractivity contribution in [1.82, 2.24) is 4.31 Å². The molecule has 3 rings (SSSR count). The standard InChI is InChI=1S/C21H26N2O7S/c1-21(2,3)17-14-16(28-4)6-8-18(17)30-19-7-5-15(23(24)25)13-20(19)31(26,27)22-9-11-29-12-10-22/h5-8,13-14H,9-12H2,1-4H3. The lowest BCUT2D eigenvalue weighted by molar-refractivity contribution is -0.385. The van der Waals surface area contributed by atoms with Gasteiger partial charge in [0.1, 0.15) is 22.1 Å². The Bertz CT molecular complexity index is 1070. The van der Waals surface area contributed by atoms with E-state index >= 15 is 0 Å².